The monoisotopic (exact) mass is 347 g/mol. The SMILES string of the molecule is CN(Cc1ccc(OC(F)F)cc1)C(=O)CC1CCS(=O)(=O)C1. The summed E-state index contributed by atoms with van der Waals surface area (Å²) in [6.45, 7) is -2.54. The minimum Gasteiger partial charge on any atom is -0.435 e. The lowest BCUT2D eigenvalue weighted by Gasteiger charge is -2.19. The molecule has 1 saturated heterocycles. The summed E-state index contributed by atoms with van der Waals surface area (Å²) in [5, 5.41) is 0. The highest BCUT2D eigenvalue weighted by Crippen LogP contribution is 2.23. The van der Waals surface area contributed by atoms with Crippen LogP contribution in [-0.4, -0.2) is 44.4 Å². The van der Waals surface area contributed by atoms with Gasteiger partial charge in [0, 0.05) is 20.0 Å². The van der Waals surface area contributed by atoms with E-state index in [1.165, 1.54) is 17.0 Å². The number of alkyl halides is 2. The molecule has 128 valence electrons. The highest BCUT2D eigenvalue weighted by molar-refractivity contribution is 7.91. The first-order valence-electron chi connectivity index (χ1n) is 7.23. The third kappa shape index (κ3) is 5.46. The highest BCUT2D eigenvalue weighted by atomic mass is 32.2. The molecule has 8 heteroatoms. The van der Waals surface area contributed by atoms with Gasteiger partial charge in [0.2, 0.25) is 5.91 Å². The third-order valence-corrected chi connectivity index (χ3v) is 5.62. The molecular formula is C15H19F2NO4S. The molecule has 1 amide bonds. The number of hydrogen-bond acceptors (Lipinski definition) is 4. The average molecular weight is 347 g/mol. The van der Waals surface area contributed by atoms with Crippen LogP contribution in [0.3, 0.4) is 0 Å². The molecule has 1 aliphatic heterocycles. The van der Waals surface area contributed by atoms with Crippen LogP contribution in [0.15, 0.2) is 24.3 Å². The zero-order chi connectivity index (χ0) is 17.0. The maximum absolute atomic E-state index is 12.1. The van der Waals surface area contributed by atoms with Gasteiger partial charge < -0.3 is 9.64 Å². The maximum atomic E-state index is 12.1. The first-order chi connectivity index (χ1) is 10.7. The first kappa shape index (κ1) is 17.7. The Morgan fingerprint density at radius 1 is 1.35 bits per heavy atom. The van der Waals surface area contributed by atoms with Crippen LogP contribution in [0.5, 0.6) is 5.75 Å². The molecule has 0 bridgehead atoms. The Morgan fingerprint density at radius 2 is 2.00 bits per heavy atom. The lowest BCUT2D eigenvalue weighted by atomic mass is 10.0. The van der Waals surface area contributed by atoms with Crippen molar-refractivity contribution in [3.8, 4) is 5.75 Å². The molecule has 23 heavy (non-hydrogen) atoms. The fourth-order valence-corrected chi connectivity index (χ4v) is 4.44. The van der Waals surface area contributed by atoms with E-state index in [4.69, 9.17) is 0 Å². The molecule has 1 aromatic rings. The van der Waals surface area contributed by atoms with Gasteiger partial charge in [0.1, 0.15) is 5.75 Å². The maximum Gasteiger partial charge on any atom is 0.387 e. The minimum absolute atomic E-state index is 0.0638. The predicted octanol–water partition coefficient (Wildman–Crippen LogP) is 2.07. The zero-order valence-corrected chi connectivity index (χ0v) is 13.6. The number of rotatable bonds is 6. The average Bonchev–Trinajstić information content (AvgIpc) is 2.79. The van der Waals surface area contributed by atoms with Crippen LogP contribution in [0.25, 0.3) is 0 Å². The van der Waals surface area contributed by atoms with Crippen molar-refractivity contribution >= 4 is 15.7 Å². The Morgan fingerprint density at radius 3 is 2.52 bits per heavy atom. The smallest absolute Gasteiger partial charge is 0.387 e. The quantitative estimate of drug-likeness (QED) is 0.790. The van der Waals surface area contributed by atoms with Crippen LogP contribution in [0, 0.1) is 5.92 Å². The largest absolute Gasteiger partial charge is 0.435 e. The number of ether oxygens (including phenoxy) is 1. The Hall–Kier alpha value is -1.70. The van der Waals surface area contributed by atoms with E-state index in [-0.39, 0.29) is 35.5 Å². The van der Waals surface area contributed by atoms with Gasteiger partial charge in [-0.1, -0.05) is 12.1 Å². The Bertz CT molecular complexity index is 646. The van der Waals surface area contributed by atoms with E-state index in [0.29, 0.717) is 13.0 Å². The molecule has 1 unspecified atom stereocenters. The third-order valence-electron chi connectivity index (χ3n) is 3.78. The second kappa shape index (κ2) is 7.25. The van der Waals surface area contributed by atoms with E-state index in [1.807, 2.05) is 0 Å². The fraction of sp³-hybridized carbons (Fsp3) is 0.533. The second-order valence-corrected chi connectivity index (χ2v) is 7.97. The van der Waals surface area contributed by atoms with Gasteiger partial charge in [0.25, 0.3) is 0 Å². The normalized spacial score (nSPS) is 19.7. The molecule has 1 aromatic carbocycles. The molecule has 2 rings (SSSR count). The van der Waals surface area contributed by atoms with Crippen LogP contribution in [0.2, 0.25) is 0 Å². The highest BCUT2D eigenvalue weighted by Gasteiger charge is 2.30. The van der Waals surface area contributed by atoms with E-state index in [2.05, 4.69) is 4.74 Å². The number of carbonyl (C=O) groups excluding carboxylic acids is 1. The van der Waals surface area contributed by atoms with Gasteiger partial charge in [-0.05, 0) is 30.0 Å². The van der Waals surface area contributed by atoms with Crippen molar-refractivity contribution in [1.82, 2.24) is 4.90 Å². The van der Waals surface area contributed by atoms with Gasteiger partial charge in [-0.15, -0.1) is 0 Å². The summed E-state index contributed by atoms with van der Waals surface area (Å²) in [6.07, 6.45) is 0.740. The molecule has 0 saturated carbocycles. The van der Waals surface area contributed by atoms with Crippen LogP contribution in [0.1, 0.15) is 18.4 Å². The fourth-order valence-electron chi connectivity index (χ4n) is 2.57. The number of amides is 1. The Labute approximate surface area is 134 Å². The van der Waals surface area contributed by atoms with Crippen molar-refractivity contribution in [2.24, 2.45) is 5.92 Å². The molecule has 1 fully saturated rings. The number of halogens is 2. The first-order valence-corrected chi connectivity index (χ1v) is 9.05. The van der Waals surface area contributed by atoms with E-state index < -0.39 is 16.4 Å². The van der Waals surface area contributed by atoms with Gasteiger partial charge in [-0.2, -0.15) is 8.78 Å². The lowest BCUT2D eigenvalue weighted by molar-refractivity contribution is -0.131. The van der Waals surface area contributed by atoms with Crippen molar-refractivity contribution < 1.29 is 26.7 Å². The number of hydrogen-bond donors (Lipinski definition) is 0. The van der Waals surface area contributed by atoms with Crippen molar-refractivity contribution in [2.75, 3.05) is 18.6 Å². The lowest BCUT2D eigenvalue weighted by Crippen LogP contribution is -2.28. The summed E-state index contributed by atoms with van der Waals surface area (Å²) in [6, 6.07) is 6.07. The molecule has 0 spiro atoms. The van der Waals surface area contributed by atoms with E-state index in [0.717, 1.165) is 5.56 Å². The van der Waals surface area contributed by atoms with E-state index in [1.54, 1.807) is 19.2 Å². The molecule has 1 atom stereocenters. The number of carbonyl (C=O) groups is 1. The summed E-state index contributed by atoms with van der Waals surface area (Å²) in [5.74, 6) is 0.0534. The van der Waals surface area contributed by atoms with Gasteiger partial charge in [-0.25, -0.2) is 8.42 Å². The van der Waals surface area contributed by atoms with Crippen molar-refractivity contribution in [3.05, 3.63) is 29.8 Å². The van der Waals surface area contributed by atoms with Crippen molar-refractivity contribution in [3.63, 3.8) is 0 Å². The van der Waals surface area contributed by atoms with Crippen molar-refractivity contribution in [1.29, 1.82) is 0 Å². The van der Waals surface area contributed by atoms with Crippen LogP contribution in [0.4, 0.5) is 8.78 Å². The molecular weight excluding hydrogens is 328 g/mol. The summed E-state index contributed by atoms with van der Waals surface area (Å²) < 4.78 is 51.2. The minimum atomic E-state index is -2.99. The van der Waals surface area contributed by atoms with Crippen LogP contribution >= 0.6 is 0 Å². The van der Waals surface area contributed by atoms with Gasteiger partial charge in [-0.3, -0.25) is 4.79 Å². The molecule has 0 aromatic heterocycles. The van der Waals surface area contributed by atoms with Crippen LogP contribution in [-0.2, 0) is 21.2 Å². The van der Waals surface area contributed by atoms with Crippen molar-refractivity contribution in [2.45, 2.75) is 26.0 Å². The Balaban J connectivity index is 1.86. The molecule has 0 N–H and O–H groups in total. The summed E-state index contributed by atoms with van der Waals surface area (Å²) in [4.78, 5) is 13.6. The molecule has 0 radical (unpaired) electrons. The summed E-state index contributed by atoms with van der Waals surface area (Å²) in [7, 11) is -1.35. The summed E-state index contributed by atoms with van der Waals surface area (Å²) in [5.41, 5.74) is 0.779. The predicted molar refractivity (Wildman–Crippen MR) is 80.9 cm³/mol. The number of nitrogens with zero attached hydrogens (tertiary/aromatic N) is 1. The second-order valence-electron chi connectivity index (χ2n) is 5.75. The Kier molecular flexibility index (Phi) is 5.56. The topological polar surface area (TPSA) is 63.7 Å². The van der Waals surface area contributed by atoms with Gasteiger partial charge >= 0.3 is 6.61 Å². The standard InChI is InChI=1S/C15H19F2NO4S/c1-18(14(19)8-12-6-7-23(20,21)10-12)9-11-2-4-13(5-3-11)22-15(16)17/h2-5,12,15H,6-10H2,1H3. The van der Waals surface area contributed by atoms with E-state index in [9.17, 15) is 22.0 Å². The molecule has 0 aliphatic carbocycles. The van der Waals surface area contributed by atoms with Crippen LogP contribution < -0.4 is 4.74 Å². The van der Waals surface area contributed by atoms with Gasteiger partial charge in [0.05, 0.1) is 11.5 Å². The number of sulfone groups is 1. The molecule has 1 heterocycles. The zero-order valence-electron chi connectivity index (χ0n) is 12.7. The number of benzene rings is 1. The molecule has 1 aliphatic rings. The van der Waals surface area contributed by atoms with Gasteiger partial charge in [0.15, 0.2) is 9.84 Å². The molecule has 5 nitrogen and oxygen atoms in total. The summed E-state index contributed by atoms with van der Waals surface area (Å²) >= 11 is 0. The van der Waals surface area contributed by atoms with E-state index >= 15 is 0 Å².